The molecule has 3 nitrogen and oxygen atoms in total. The quantitative estimate of drug-likeness (QED) is 0.639. The molecule has 0 saturated heterocycles. The first-order valence-corrected chi connectivity index (χ1v) is 9.01. The highest BCUT2D eigenvalue weighted by atomic mass is 32.2. The normalized spacial score (nSPS) is 10.9. The van der Waals surface area contributed by atoms with Crippen LogP contribution in [0.15, 0.2) is 54.6 Å². The predicted molar refractivity (Wildman–Crippen MR) is 96.5 cm³/mol. The summed E-state index contributed by atoms with van der Waals surface area (Å²) in [6, 6.07) is 18.1. The second kappa shape index (κ2) is 6.92. The summed E-state index contributed by atoms with van der Waals surface area (Å²) in [5, 5.41) is 0.943. The third kappa shape index (κ3) is 2.86. The van der Waals surface area contributed by atoms with Crippen LogP contribution >= 0.6 is 11.8 Å². The van der Waals surface area contributed by atoms with Crippen LogP contribution in [0.5, 0.6) is 0 Å². The van der Waals surface area contributed by atoms with Gasteiger partial charge in [-0.2, -0.15) is 11.8 Å². The lowest BCUT2D eigenvalue weighted by atomic mass is 10.1. The van der Waals surface area contributed by atoms with Crippen LogP contribution < -0.4 is 0 Å². The number of esters is 1. The first kappa shape index (κ1) is 15.7. The van der Waals surface area contributed by atoms with Crippen molar-refractivity contribution >= 4 is 28.6 Å². The van der Waals surface area contributed by atoms with Crippen LogP contribution in [-0.2, 0) is 10.5 Å². The van der Waals surface area contributed by atoms with E-state index < -0.39 is 0 Å². The lowest BCUT2D eigenvalue weighted by Crippen LogP contribution is -2.09. The van der Waals surface area contributed by atoms with E-state index in [9.17, 15) is 4.79 Å². The molecule has 23 heavy (non-hydrogen) atoms. The molecule has 0 fully saturated rings. The first-order valence-electron chi connectivity index (χ1n) is 7.61. The summed E-state index contributed by atoms with van der Waals surface area (Å²) in [7, 11) is 0. The van der Waals surface area contributed by atoms with Gasteiger partial charge in [0.05, 0.1) is 17.7 Å². The van der Waals surface area contributed by atoms with E-state index >= 15 is 0 Å². The molecule has 0 aliphatic rings. The Morgan fingerprint density at radius 3 is 2.48 bits per heavy atom. The summed E-state index contributed by atoms with van der Waals surface area (Å²) in [4.78, 5) is 12.6. The number of hydrogen-bond acceptors (Lipinski definition) is 3. The molecule has 0 aliphatic heterocycles. The second-order valence-electron chi connectivity index (χ2n) is 5.16. The zero-order chi connectivity index (χ0) is 16.2. The molecule has 0 N–H and O–H groups in total. The number of ether oxygens (including phenoxy) is 1. The van der Waals surface area contributed by atoms with Crippen LogP contribution in [-0.4, -0.2) is 23.4 Å². The smallest absolute Gasteiger partial charge is 0.340 e. The van der Waals surface area contributed by atoms with E-state index in [0.29, 0.717) is 12.2 Å². The molecule has 0 amide bonds. The van der Waals surface area contributed by atoms with Crippen molar-refractivity contribution in [2.24, 2.45) is 0 Å². The zero-order valence-electron chi connectivity index (χ0n) is 13.3. The van der Waals surface area contributed by atoms with Crippen molar-refractivity contribution in [3.63, 3.8) is 0 Å². The molecule has 118 valence electrons. The lowest BCUT2D eigenvalue weighted by molar-refractivity contribution is 0.0527. The highest BCUT2D eigenvalue weighted by molar-refractivity contribution is 7.97. The standard InChI is InChI=1S/C19H19NO2S/c1-3-22-19(21)18-15-11-7-8-12-16(15)20(17(18)13-23-2)14-9-5-4-6-10-14/h4-12H,3,13H2,1-2H3. The van der Waals surface area contributed by atoms with Gasteiger partial charge in [0, 0.05) is 22.5 Å². The summed E-state index contributed by atoms with van der Waals surface area (Å²) in [5.74, 6) is 0.500. The molecule has 1 aromatic heterocycles. The van der Waals surface area contributed by atoms with E-state index in [4.69, 9.17) is 4.74 Å². The third-order valence-electron chi connectivity index (χ3n) is 3.75. The predicted octanol–water partition coefficient (Wildman–Crippen LogP) is 4.67. The van der Waals surface area contributed by atoms with Crippen molar-refractivity contribution in [3.8, 4) is 5.69 Å². The van der Waals surface area contributed by atoms with E-state index in [2.05, 4.69) is 22.8 Å². The largest absolute Gasteiger partial charge is 0.462 e. The molecule has 1 heterocycles. The third-order valence-corrected chi connectivity index (χ3v) is 4.31. The van der Waals surface area contributed by atoms with E-state index in [1.54, 1.807) is 11.8 Å². The molecule has 0 unspecified atom stereocenters. The van der Waals surface area contributed by atoms with Crippen molar-refractivity contribution in [2.45, 2.75) is 12.7 Å². The van der Waals surface area contributed by atoms with Crippen molar-refractivity contribution in [3.05, 3.63) is 65.9 Å². The van der Waals surface area contributed by atoms with E-state index in [0.717, 1.165) is 28.0 Å². The van der Waals surface area contributed by atoms with Gasteiger partial charge in [0.1, 0.15) is 0 Å². The number of benzene rings is 2. The van der Waals surface area contributed by atoms with Crippen LogP contribution in [0.4, 0.5) is 0 Å². The molecule has 0 bridgehead atoms. The lowest BCUT2D eigenvalue weighted by Gasteiger charge is -2.11. The van der Waals surface area contributed by atoms with E-state index in [1.165, 1.54) is 0 Å². The molecule has 0 aliphatic carbocycles. The molecule has 3 aromatic rings. The molecule has 0 spiro atoms. The fraction of sp³-hybridized carbons (Fsp3) is 0.211. The first-order chi connectivity index (χ1) is 11.3. The number of para-hydroxylation sites is 2. The maximum atomic E-state index is 12.6. The molecule has 4 heteroatoms. The van der Waals surface area contributed by atoms with Crippen LogP contribution in [0.3, 0.4) is 0 Å². The summed E-state index contributed by atoms with van der Waals surface area (Å²) >= 11 is 1.70. The van der Waals surface area contributed by atoms with Crippen LogP contribution in [0.2, 0.25) is 0 Å². The summed E-state index contributed by atoms with van der Waals surface area (Å²) in [5.41, 5.74) is 3.76. The fourth-order valence-electron chi connectivity index (χ4n) is 2.87. The maximum Gasteiger partial charge on any atom is 0.340 e. The molecule has 0 atom stereocenters. The summed E-state index contributed by atoms with van der Waals surface area (Å²) in [6.07, 6.45) is 2.04. The van der Waals surface area contributed by atoms with Crippen molar-refractivity contribution in [1.82, 2.24) is 4.57 Å². The molecule has 2 aromatic carbocycles. The van der Waals surface area contributed by atoms with Gasteiger partial charge in [0.25, 0.3) is 0 Å². The minimum Gasteiger partial charge on any atom is -0.462 e. The van der Waals surface area contributed by atoms with Gasteiger partial charge in [0.2, 0.25) is 0 Å². The van der Waals surface area contributed by atoms with Gasteiger partial charge in [-0.05, 0) is 31.4 Å². The van der Waals surface area contributed by atoms with Crippen LogP contribution in [0.25, 0.3) is 16.6 Å². The average molecular weight is 325 g/mol. The summed E-state index contributed by atoms with van der Waals surface area (Å²) in [6.45, 7) is 2.21. The number of aromatic nitrogens is 1. The molecular formula is C19H19NO2S. The van der Waals surface area contributed by atoms with Crippen molar-refractivity contribution in [1.29, 1.82) is 0 Å². The molecule has 0 radical (unpaired) electrons. The van der Waals surface area contributed by atoms with E-state index in [1.807, 2.05) is 49.6 Å². The Hall–Kier alpha value is -2.20. The average Bonchev–Trinajstić information content (AvgIpc) is 2.90. The number of carbonyl (C=O) groups excluding carboxylic acids is 1. The van der Waals surface area contributed by atoms with Gasteiger partial charge >= 0.3 is 5.97 Å². The van der Waals surface area contributed by atoms with Gasteiger partial charge in [-0.1, -0.05) is 36.4 Å². The minimum atomic E-state index is -0.248. The van der Waals surface area contributed by atoms with Gasteiger partial charge in [0.15, 0.2) is 0 Å². The number of carbonyl (C=O) groups is 1. The SMILES string of the molecule is CCOC(=O)c1c(CSC)n(-c2ccccc2)c2ccccc12. The molecule has 0 saturated carbocycles. The Morgan fingerprint density at radius 1 is 1.09 bits per heavy atom. The van der Waals surface area contributed by atoms with Crippen LogP contribution in [0, 0.1) is 0 Å². The second-order valence-corrected chi connectivity index (χ2v) is 6.03. The summed E-state index contributed by atoms with van der Waals surface area (Å²) < 4.78 is 7.48. The topological polar surface area (TPSA) is 31.2 Å². The Kier molecular flexibility index (Phi) is 4.72. The number of hydrogen-bond donors (Lipinski definition) is 0. The van der Waals surface area contributed by atoms with Gasteiger partial charge < -0.3 is 9.30 Å². The van der Waals surface area contributed by atoms with Crippen LogP contribution in [0.1, 0.15) is 23.0 Å². The highest BCUT2D eigenvalue weighted by Gasteiger charge is 2.23. The molecule has 3 rings (SSSR count). The van der Waals surface area contributed by atoms with Gasteiger partial charge in [-0.15, -0.1) is 0 Å². The monoisotopic (exact) mass is 325 g/mol. The van der Waals surface area contributed by atoms with Gasteiger partial charge in [-0.25, -0.2) is 4.79 Å². The number of fused-ring (bicyclic) bond motifs is 1. The maximum absolute atomic E-state index is 12.6. The number of nitrogens with zero attached hydrogens (tertiary/aromatic N) is 1. The van der Waals surface area contributed by atoms with Crippen molar-refractivity contribution in [2.75, 3.05) is 12.9 Å². The Morgan fingerprint density at radius 2 is 1.78 bits per heavy atom. The fourth-order valence-corrected chi connectivity index (χ4v) is 3.42. The Labute approximate surface area is 140 Å². The van der Waals surface area contributed by atoms with Crippen molar-refractivity contribution < 1.29 is 9.53 Å². The van der Waals surface area contributed by atoms with E-state index in [-0.39, 0.29) is 5.97 Å². The molecular weight excluding hydrogens is 306 g/mol. The Balaban J connectivity index is 2.34. The number of thioether (sulfide) groups is 1. The highest BCUT2D eigenvalue weighted by Crippen LogP contribution is 2.32. The van der Waals surface area contributed by atoms with Gasteiger partial charge in [-0.3, -0.25) is 0 Å². The minimum absolute atomic E-state index is 0.248. The zero-order valence-corrected chi connectivity index (χ0v) is 14.1. The Bertz CT molecular complexity index is 824. The number of rotatable bonds is 5.